The molecular weight excluding hydrogens is 284 g/mol. The molecule has 1 heterocycles. The van der Waals surface area contributed by atoms with Gasteiger partial charge in [-0.3, -0.25) is 0 Å². The van der Waals surface area contributed by atoms with Crippen LogP contribution in [-0.4, -0.2) is 48.9 Å². The van der Waals surface area contributed by atoms with Gasteiger partial charge in [0, 0.05) is 6.42 Å². The molecule has 2 saturated carbocycles. The molecule has 2 aliphatic carbocycles. The van der Waals surface area contributed by atoms with E-state index in [0.717, 1.165) is 17.4 Å². The van der Waals surface area contributed by atoms with Crippen LogP contribution >= 0.6 is 0 Å². The minimum Gasteiger partial charge on any atom is -0.393 e. The average Bonchev–Trinajstić information content (AvgIpc) is 2.47. The van der Waals surface area contributed by atoms with Crippen LogP contribution in [-0.2, 0) is 0 Å². The Kier molecular flexibility index (Phi) is 5.40. The maximum Gasteiger partial charge on any atom is 0.0939 e. The third-order valence-electron chi connectivity index (χ3n) is 7.42. The molecule has 1 spiro atoms. The van der Waals surface area contributed by atoms with Gasteiger partial charge in [0.1, 0.15) is 0 Å². The molecule has 0 aromatic heterocycles. The van der Waals surface area contributed by atoms with E-state index < -0.39 is 0 Å². The minimum atomic E-state index is -0.113. The van der Waals surface area contributed by atoms with E-state index in [1.54, 1.807) is 0 Å². The molecule has 3 nitrogen and oxygen atoms in total. The fourth-order valence-corrected chi connectivity index (χ4v) is 6.07. The van der Waals surface area contributed by atoms with Crippen LogP contribution in [0.1, 0.15) is 70.6 Å². The molecule has 1 saturated heterocycles. The second kappa shape index (κ2) is 7.01. The van der Waals surface area contributed by atoms with E-state index >= 15 is 0 Å². The maximum absolute atomic E-state index is 11.1. The van der Waals surface area contributed by atoms with Gasteiger partial charge in [-0.05, 0) is 49.4 Å². The lowest BCUT2D eigenvalue weighted by Gasteiger charge is -2.47. The van der Waals surface area contributed by atoms with Crippen molar-refractivity contribution in [1.82, 2.24) is 0 Å². The first-order valence-electron chi connectivity index (χ1n) is 10.2. The van der Waals surface area contributed by atoms with Crippen molar-refractivity contribution in [3.8, 4) is 0 Å². The number of rotatable bonds is 1. The van der Waals surface area contributed by atoms with Crippen LogP contribution in [0.5, 0.6) is 0 Å². The van der Waals surface area contributed by atoms with Crippen LogP contribution in [0.15, 0.2) is 0 Å². The number of nitrogens with zero attached hydrogens (tertiary/aromatic N) is 1. The van der Waals surface area contributed by atoms with Gasteiger partial charge in [0.05, 0.1) is 39.3 Å². The molecule has 4 atom stereocenters. The number of likely N-dealkylation sites (N-methyl/N-ethyl adjacent to an activating group) is 1. The monoisotopic (exact) mass is 323 g/mol. The Morgan fingerprint density at radius 3 is 2.22 bits per heavy atom. The molecule has 3 N–H and O–H groups in total. The van der Waals surface area contributed by atoms with Crippen molar-refractivity contribution >= 4 is 0 Å². The van der Waals surface area contributed by atoms with Crippen LogP contribution < -0.4 is 5.73 Å². The first-order chi connectivity index (χ1) is 10.9. The van der Waals surface area contributed by atoms with Gasteiger partial charge in [0.15, 0.2) is 0 Å². The third-order valence-corrected chi connectivity index (χ3v) is 7.42. The van der Waals surface area contributed by atoms with E-state index in [4.69, 9.17) is 5.73 Å². The average molecular weight is 324 g/mol. The number of likely N-dealkylation sites (tertiary alicyclic amines) is 1. The van der Waals surface area contributed by atoms with Gasteiger partial charge >= 0.3 is 0 Å². The summed E-state index contributed by atoms with van der Waals surface area (Å²) in [5.74, 6) is 0.985. The predicted octanol–water partition coefficient (Wildman–Crippen LogP) is 3.30. The molecular formula is C20H39N2O+. The van der Waals surface area contributed by atoms with Gasteiger partial charge in [0.2, 0.25) is 0 Å². The summed E-state index contributed by atoms with van der Waals surface area (Å²) in [6.45, 7) is 2.28. The number of hydrogen-bond acceptors (Lipinski definition) is 2. The predicted molar refractivity (Wildman–Crippen MR) is 96.0 cm³/mol. The Bertz CT molecular complexity index is 389. The lowest BCUT2D eigenvalue weighted by Crippen LogP contribution is -2.58. The van der Waals surface area contributed by atoms with E-state index in [0.29, 0.717) is 17.3 Å². The lowest BCUT2D eigenvalue weighted by atomic mass is 9.63. The van der Waals surface area contributed by atoms with E-state index in [-0.39, 0.29) is 12.1 Å². The molecule has 3 heteroatoms. The molecule has 3 aliphatic rings. The smallest absolute Gasteiger partial charge is 0.0939 e. The normalized spacial score (nSPS) is 41.2. The number of hydrogen-bond donors (Lipinski definition) is 2. The minimum absolute atomic E-state index is 0.113. The number of aliphatic hydroxyl groups is 1. The maximum atomic E-state index is 11.1. The quantitative estimate of drug-likeness (QED) is 0.727. The third kappa shape index (κ3) is 4.11. The number of piperidine rings is 1. The topological polar surface area (TPSA) is 46.2 Å². The fourth-order valence-electron chi connectivity index (χ4n) is 6.07. The van der Waals surface area contributed by atoms with Gasteiger partial charge in [-0.15, -0.1) is 0 Å². The molecule has 1 aliphatic heterocycles. The summed E-state index contributed by atoms with van der Waals surface area (Å²) in [4.78, 5) is 0. The molecule has 0 aromatic carbocycles. The summed E-state index contributed by atoms with van der Waals surface area (Å²) < 4.78 is 1.05. The van der Waals surface area contributed by atoms with Gasteiger partial charge in [-0.2, -0.15) is 0 Å². The SMILES string of the molecule is C[N+]1(C)CCC(C2CCCCC3(CCCCC3)CC2O)C(N)C1. The van der Waals surface area contributed by atoms with Crippen molar-refractivity contribution in [1.29, 1.82) is 0 Å². The summed E-state index contributed by atoms with van der Waals surface area (Å²) in [5.41, 5.74) is 7.04. The van der Waals surface area contributed by atoms with Crippen molar-refractivity contribution < 1.29 is 9.59 Å². The Hall–Kier alpha value is -0.120. The summed E-state index contributed by atoms with van der Waals surface area (Å²) >= 11 is 0. The second-order valence-electron chi connectivity index (χ2n) is 9.70. The standard InChI is InChI=1S/C20H39N2O/c1-22(2)13-9-16(18(21)15-22)17-8-4-7-12-20(14-19(17)23)10-5-3-6-11-20/h16-19,23H,3-15,21H2,1-2H3/q+1. The van der Waals surface area contributed by atoms with Crippen LogP contribution in [0.2, 0.25) is 0 Å². The number of quaternary nitrogens is 1. The second-order valence-corrected chi connectivity index (χ2v) is 9.70. The summed E-state index contributed by atoms with van der Waals surface area (Å²) in [7, 11) is 4.59. The molecule has 4 unspecified atom stereocenters. The molecule has 3 rings (SSSR count). The van der Waals surface area contributed by atoms with E-state index in [2.05, 4.69) is 14.1 Å². The Balaban J connectivity index is 1.69. The van der Waals surface area contributed by atoms with E-state index in [1.807, 2.05) is 0 Å². The highest BCUT2D eigenvalue weighted by Crippen LogP contribution is 2.48. The molecule has 3 fully saturated rings. The number of aliphatic hydroxyl groups excluding tert-OH is 1. The van der Waals surface area contributed by atoms with Crippen LogP contribution in [0.3, 0.4) is 0 Å². The Morgan fingerprint density at radius 2 is 1.57 bits per heavy atom. The fraction of sp³-hybridized carbons (Fsp3) is 1.00. The van der Waals surface area contributed by atoms with Gasteiger partial charge in [0.25, 0.3) is 0 Å². The van der Waals surface area contributed by atoms with Crippen molar-refractivity contribution in [3.05, 3.63) is 0 Å². The van der Waals surface area contributed by atoms with E-state index in [9.17, 15) is 5.11 Å². The highest BCUT2D eigenvalue weighted by atomic mass is 16.3. The zero-order valence-electron chi connectivity index (χ0n) is 15.5. The zero-order chi connectivity index (χ0) is 16.5. The van der Waals surface area contributed by atoms with Crippen LogP contribution in [0.25, 0.3) is 0 Å². The van der Waals surface area contributed by atoms with Crippen molar-refractivity contribution in [2.24, 2.45) is 23.0 Å². The Morgan fingerprint density at radius 1 is 0.913 bits per heavy atom. The largest absolute Gasteiger partial charge is 0.393 e. The molecule has 23 heavy (non-hydrogen) atoms. The molecule has 134 valence electrons. The van der Waals surface area contributed by atoms with Crippen molar-refractivity contribution in [2.75, 3.05) is 27.2 Å². The molecule has 0 radical (unpaired) electrons. The summed E-state index contributed by atoms with van der Waals surface area (Å²) in [6, 6.07) is 0.264. The van der Waals surface area contributed by atoms with Crippen LogP contribution in [0.4, 0.5) is 0 Å². The van der Waals surface area contributed by atoms with Gasteiger partial charge in [-0.25, -0.2) is 0 Å². The molecule has 0 aromatic rings. The molecule has 0 bridgehead atoms. The highest BCUT2D eigenvalue weighted by Gasteiger charge is 2.43. The Labute approximate surface area is 143 Å². The van der Waals surface area contributed by atoms with E-state index in [1.165, 1.54) is 70.8 Å². The van der Waals surface area contributed by atoms with Gasteiger partial charge in [-0.1, -0.05) is 32.1 Å². The zero-order valence-corrected chi connectivity index (χ0v) is 15.5. The van der Waals surface area contributed by atoms with Crippen molar-refractivity contribution in [3.63, 3.8) is 0 Å². The van der Waals surface area contributed by atoms with Crippen LogP contribution in [0, 0.1) is 17.3 Å². The number of nitrogens with two attached hydrogens (primary N) is 1. The summed E-state index contributed by atoms with van der Waals surface area (Å²) in [6.07, 6.45) is 14.2. The van der Waals surface area contributed by atoms with Crippen molar-refractivity contribution in [2.45, 2.75) is 82.8 Å². The lowest BCUT2D eigenvalue weighted by molar-refractivity contribution is -0.897. The highest BCUT2D eigenvalue weighted by molar-refractivity contribution is 4.93. The first kappa shape index (κ1) is 17.7. The first-order valence-corrected chi connectivity index (χ1v) is 10.2. The summed E-state index contributed by atoms with van der Waals surface area (Å²) in [5, 5.41) is 11.1. The van der Waals surface area contributed by atoms with Gasteiger partial charge < -0.3 is 15.3 Å². The molecule has 0 amide bonds.